The summed E-state index contributed by atoms with van der Waals surface area (Å²) in [4.78, 5) is 11.7. The summed E-state index contributed by atoms with van der Waals surface area (Å²) in [5.74, 6) is 0.663. The summed E-state index contributed by atoms with van der Waals surface area (Å²) in [5, 5.41) is 3.36. The number of para-hydroxylation sites is 1. The lowest BCUT2D eigenvalue weighted by molar-refractivity contribution is -0.116. The second-order valence-corrected chi connectivity index (χ2v) is 4.41. The van der Waals surface area contributed by atoms with Gasteiger partial charge in [-0.15, -0.1) is 0 Å². The molecule has 1 N–H and O–H groups in total. The highest BCUT2D eigenvalue weighted by Crippen LogP contribution is 2.15. The van der Waals surface area contributed by atoms with Crippen molar-refractivity contribution < 1.29 is 9.53 Å². The monoisotopic (exact) mass is 275 g/mol. The number of carbonyl (C=O) groups is 1. The molecule has 0 heterocycles. The van der Waals surface area contributed by atoms with Crippen LogP contribution in [0.15, 0.2) is 54.6 Å². The highest BCUT2D eigenvalue weighted by atomic mass is 35.5. The molecule has 0 radical (unpaired) electrons. The van der Waals surface area contributed by atoms with Gasteiger partial charge in [-0.1, -0.05) is 35.9 Å². The van der Waals surface area contributed by atoms with Crippen molar-refractivity contribution in [1.82, 2.24) is 0 Å². The van der Waals surface area contributed by atoms with Gasteiger partial charge in [0.15, 0.2) is 0 Å². The van der Waals surface area contributed by atoms with Crippen LogP contribution in [0.3, 0.4) is 0 Å². The summed E-state index contributed by atoms with van der Waals surface area (Å²) < 4.78 is 5.45. The third-order valence-electron chi connectivity index (χ3n) is 2.45. The number of hydrogen-bond donors (Lipinski definition) is 1. The molecular formula is C15H14ClNO2. The third kappa shape index (κ3) is 4.64. The Labute approximate surface area is 117 Å². The normalized spacial score (nSPS) is 9.95. The molecule has 0 aromatic heterocycles. The largest absolute Gasteiger partial charge is 0.493 e. The van der Waals surface area contributed by atoms with Crippen molar-refractivity contribution in [1.29, 1.82) is 0 Å². The maximum absolute atomic E-state index is 11.7. The molecule has 0 spiro atoms. The number of nitrogens with one attached hydrogen (secondary N) is 1. The van der Waals surface area contributed by atoms with Crippen LogP contribution in [0, 0.1) is 0 Å². The molecule has 3 nitrogen and oxygen atoms in total. The van der Waals surface area contributed by atoms with Gasteiger partial charge in [0.05, 0.1) is 13.0 Å². The van der Waals surface area contributed by atoms with Gasteiger partial charge in [-0.05, 0) is 30.3 Å². The zero-order valence-corrected chi connectivity index (χ0v) is 11.1. The zero-order valence-electron chi connectivity index (χ0n) is 10.3. The fourth-order valence-corrected chi connectivity index (χ4v) is 1.76. The lowest BCUT2D eigenvalue weighted by Crippen LogP contribution is -2.15. The molecule has 0 fully saturated rings. The first-order valence-corrected chi connectivity index (χ1v) is 6.35. The molecule has 0 aliphatic heterocycles. The van der Waals surface area contributed by atoms with Gasteiger partial charge >= 0.3 is 0 Å². The number of amides is 1. The van der Waals surface area contributed by atoms with Crippen LogP contribution in [0.2, 0.25) is 5.02 Å². The predicted octanol–water partition coefficient (Wildman–Crippen LogP) is 3.75. The number of anilines is 1. The maximum atomic E-state index is 11.7. The number of ether oxygens (including phenoxy) is 1. The Morgan fingerprint density at radius 3 is 2.63 bits per heavy atom. The van der Waals surface area contributed by atoms with Gasteiger partial charge in [0.1, 0.15) is 5.75 Å². The van der Waals surface area contributed by atoms with Crippen molar-refractivity contribution in [2.75, 3.05) is 11.9 Å². The van der Waals surface area contributed by atoms with Crippen molar-refractivity contribution in [3.63, 3.8) is 0 Å². The Balaban J connectivity index is 1.76. The standard InChI is InChI=1S/C15H14ClNO2/c16-12-5-4-6-13(11-12)17-15(18)9-10-19-14-7-2-1-3-8-14/h1-8,11H,9-10H2,(H,17,18). The van der Waals surface area contributed by atoms with E-state index in [2.05, 4.69) is 5.32 Å². The van der Waals surface area contributed by atoms with E-state index >= 15 is 0 Å². The highest BCUT2D eigenvalue weighted by molar-refractivity contribution is 6.30. The average Bonchev–Trinajstić information content (AvgIpc) is 2.40. The first kappa shape index (κ1) is 13.4. The summed E-state index contributed by atoms with van der Waals surface area (Å²) in [6.45, 7) is 0.344. The van der Waals surface area contributed by atoms with Crippen LogP contribution in [0.25, 0.3) is 0 Å². The molecule has 0 saturated carbocycles. The van der Waals surface area contributed by atoms with Crippen LogP contribution >= 0.6 is 11.6 Å². The number of rotatable bonds is 5. The second-order valence-electron chi connectivity index (χ2n) is 3.97. The maximum Gasteiger partial charge on any atom is 0.227 e. The van der Waals surface area contributed by atoms with E-state index in [1.54, 1.807) is 24.3 Å². The second kappa shape index (κ2) is 6.81. The molecular weight excluding hydrogens is 262 g/mol. The first-order valence-electron chi connectivity index (χ1n) is 5.97. The van der Waals surface area contributed by atoms with Crippen LogP contribution in [-0.4, -0.2) is 12.5 Å². The van der Waals surface area contributed by atoms with E-state index in [4.69, 9.17) is 16.3 Å². The van der Waals surface area contributed by atoms with Gasteiger partial charge in [-0.3, -0.25) is 4.79 Å². The average molecular weight is 276 g/mol. The van der Waals surface area contributed by atoms with Crippen LogP contribution < -0.4 is 10.1 Å². The molecule has 0 unspecified atom stereocenters. The minimum Gasteiger partial charge on any atom is -0.493 e. The summed E-state index contributed by atoms with van der Waals surface area (Å²) in [6.07, 6.45) is 0.293. The van der Waals surface area contributed by atoms with Crippen LogP contribution in [0.5, 0.6) is 5.75 Å². The Hall–Kier alpha value is -2.00. The SMILES string of the molecule is O=C(CCOc1ccccc1)Nc1cccc(Cl)c1. The van der Waals surface area contributed by atoms with Crippen LogP contribution in [0.4, 0.5) is 5.69 Å². The molecule has 0 aliphatic carbocycles. The zero-order chi connectivity index (χ0) is 13.5. The predicted molar refractivity (Wildman–Crippen MR) is 76.6 cm³/mol. The summed E-state index contributed by atoms with van der Waals surface area (Å²) in [6, 6.07) is 16.5. The lowest BCUT2D eigenvalue weighted by Gasteiger charge is -2.07. The fourth-order valence-electron chi connectivity index (χ4n) is 1.57. The number of carbonyl (C=O) groups excluding carboxylic acids is 1. The number of hydrogen-bond acceptors (Lipinski definition) is 2. The fraction of sp³-hybridized carbons (Fsp3) is 0.133. The quantitative estimate of drug-likeness (QED) is 0.902. The Bertz CT molecular complexity index is 543. The van der Waals surface area contributed by atoms with Crippen molar-refractivity contribution in [2.24, 2.45) is 0 Å². The van der Waals surface area contributed by atoms with Crippen LogP contribution in [0.1, 0.15) is 6.42 Å². The topological polar surface area (TPSA) is 38.3 Å². The molecule has 0 saturated heterocycles. The Kier molecular flexibility index (Phi) is 4.81. The molecule has 2 aromatic rings. The van der Waals surface area contributed by atoms with Gasteiger partial charge in [-0.2, -0.15) is 0 Å². The van der Waals surface area contributed by atoms with Crippen molar-refractivity contribution in [3.05, 3.63) is 59.6 Å². The van der Waals surface area contributed by atoms with Crippen LogP contribution in [-0.2, 0) is 4.79 Å². The van der Waals surface area contributed by atoms with Crippen molar-refractivity contribution in [2.45, 2.75) is 6.42 Å². The molecule has 4 heteroatoms. The smallest absolute Gasteiger partial charge is 0.227 e. The third-order valence-corrected chi connectivity index (χ3v) is 2.68. The van der Waals surface area contributed by atoms with E-state index in [0.717, 1.165) is 5.75 Å². The van der Waals surface area contributed by atoms with Crippen molar-refractivity contribution >= 4 is 23.2 Å². The summed E-state index contributed by atoms with van der Waals surface area (Å²) in [7, 11) is 0. The molecule has 0 aliphatic rings. The summed E-state index contributed by atoms with van der Waals surface area (Å²) in [5.41, 5.74) is 0.692. The number of halogens is 1. The van der Waals surface area contributed by atoms with Gasteiger partial charge in [0.2, 0.25) is 5.91 Å². The minimum atomic E-state index is -0.0989. The van der Waals surface area contributed by atoms with Gasteiger partial charge in [0.25, 0.3) is 0 Å². The molecule has 0 bridgehead atoms. The molecule has 1 amide bonds. The van der Waals surface area contributed by atoms with E-state index in [1.165, 1.54) is 0 Å². The molecule has 0 atom stereocenters. The summed E-state index contributed by atoms with van der Waals surface area (Å²) >= 11 is 5.84. The Morgan fingerprint density at radius 2 is 1.89 bits per heavy atom. The van der Waals surface area contributed by atoms with Gasteiger partial charge in [-0.25, -0.2) is 0 Å². The number of benzene rings is 2. The lowest BCUT2D eigenvalue weighted by atomic mass is 10.3. The van der Waals surface area contributed by atoms with Crippen molar-refractivity contribution in [3.8, 4) is 5.75 Å². The van der Waals surface area contributed by atoms with E-state index in [1.807, 2.05) is 30.3 Å². The van der Waals surface area contributed by atoms with Gasteiger partial charge < -0.3 is 10.1 Å². The minimum absolute atomic E-state index is 0.0989. The Morgan fingerprint density at radius 1 is 1.11 bits per heavy atom. The highest BCUT2D eigenvalue weighted by Gasteiger charge is 2.03. The van der Waals surface area contributed by atoms with E-state index in [-0.39, 0.29) is 5.91 Å². The molecule has 2 aromatic carbocycles. The van der Waals surface area contributed by atoms with Gasteiger partial charge in [0, 0.05) is 10.7 Å². The molecule has 2 rings (SSSR count). The molecule has 19 heavy (non-hydrogen) atoms. The molecule has 98 valence electrons. The van der Waals surface area contributed by atoms with E-state index < -0.39 is 0 Å². The first-order chi connectivity index (χ1) is 9.24. The van der Waals surface area contributed by atoms with E-state index in [0.29, 0.717) is 23.7 Å². The van der Waals surface area contributed by atoms with E-state index in [9.17, 15) is 4.79 Å².